The lowest BCUT2D eigenvalue weighted by atomic mass is 10.2. The highest BCUT2D eigenvalue weighted by Crippen LogP contribution is 2.29. The van der Waals surface area contributed by atoms with Crippen LogP contribution in [0.25, 0.3) is 21.6 Å². The molecule has 18 heavy (non-hydrogen) atoms. The molecule has 0 saturated heterocycles. The van der Waals surface area contributed by atoms with E-state index in [4.69, 9.17) is 17.3 Å². The SMILES string of the molecule is Cc1ccc(-c2nc(N)c3ccc(Cl)cc3n2)s1. The number of hydrogen-bond acceptors (Lipinski definition) is 4. The smallest absolute Gasteiger partial charge is 0.172 e. The van der Waals surface area contributed by atoms with Gasteiger partial charge in [0, 0.05) is 15.3 Å². The average molecular weight is 276 g/mol. The number of nitrogen functional groups attached to an aromatic ring is 1. The van der Waals surface area contributed by atoms with Crippen molar-refractivity contribution >= 4 is 39.7 Å². The van der Waals surface area contributed by atoms with Crippen LogP contribution in [0.15, 0.2) is 30.3 Å². The van der Waals surface area contributed by atoms with E-state index in [1.165, 1.54) is 4.88 Å². The molecular formula is C13H10ClN3S. The van der Waals surface area contributed by atoms with Gasteiger partial charge in [-0.15, -0.1) is 11.3 Å². The second-order valence-electron chi connectivity index (χ2n) is 4.00. The van der Waals surface area contributed by atoms with Crippen LogP contribution >= 0.6 is 22.9 Å². The fourth-order valence-corrected chi connectivity index (χ4v) is 2.76. The first-order chi connectivity index (χ1) is 8.63. The van der Waals surface area contributed by atoms with Crippen molar-refractivity contribution in [3.8, 4) is 10.7 Å². The Balaban J connectivity index is 2.26. The molecule has 0 amide bonds. The van der Waals surface area contributed by atoms with Crippen molar-refractivity contribution in [3.05, 3.63) is 40.2 Å². The predicted octanol–water partition coefficient (Wildman–Crippen LogP) is 3.90. The number of benzene rings is 1. The largest absolute Gasteiger partial charge is 0.383 e. The topological polar surface area (TPSA) is 51.8 Å². The maximum absolute atomic E-state index is 5.97. The van der Waals surface area contributed by atoms with Gasteiger partial charge in [0.2, 0.25) is 0 Å². The van der Waals surface area contributed by atoms with Crippen LogP contribution in [-0.2, 0) is 0 Å². The summed E-state index contributed by atoms with van der Waals surface area (Å²) in [4.78, 5) is 11.1. The van der Waals surface area contributed by atoms with E-state index in [-0.39, 0.29) is 0 Å². The minimum atomic E-state index is 0.484. The summed E-state index contributed by atoms with van der Waals surface area (Å²) in [5.41, 5.74) is 6.74. The minimum Gasteiger partial charge on any atom is -0.383 e. The Hall–Kier alpha value is -1.65. The summed E-state index contributed by atoms with van der Waals surface area (Å²) in [6.07, 6.45) is 0. The highest BCUT2D eigenvalue weighted by Gasteiger charge is 2.09. The van der Waals surface area contributed by atoms with Gasteiger partial charge in [0.25, 0.3) is 0 Å². The molecule has 3 nitrogen and oxygen atoms in total. The Morgan fingerprint density at radius 3 is 2.72 bits per heavy atom. The molecule has 90 valence electrons. The summed E-state index contributed by atoms with van der Waals surface area (Å²) in [7, 11) is 0. The molecule has 0 spiro atoms. The summed E-state index contributed by atoms with van der Waals surface area (Å²) in [6, 6.07) is 9.49. The van der Waals surface area contributed by atoms with E-state index < -0.39 is 0 Å². The van der Waals surface area contributed by atoms with Gasteiger partial charge in [0.1, 0.15) is 5.82 Å². The molecular weight excluding hydrogens is 266 g/mol. The van der Waals surface area contributed by atoms with Crippen molar-refractivity contribution in [3.63, 3.8) is 0 Å². The maximum Gasteiger partial charge on any atom is 0.172 e. The lowest BCUT2D eigenvalue weighted by Gasteiger charge is -2.04. The molecule has 0 unspecified atom stereocenters. The third-order valence-electron chi connectivity index (χ3n) is 2.65. The number of thiophene rings is 1. The summed E-state index contributed by atoms with van der Waals surface area (Å²) < 4.78 is 0. The van der Waals surface area contributed by atoms with Gasteiger partial charge in [-0.25, -0.2) is 9.97 Å². The van der Waals surface area contributed by atoms with E-state index in [1.54, 1.807) is 23.5 Å². The number of halogens is 1. The molecule has 3 rings (SSSR count). The van der Waals surface area contributed by atoms with E-state index >= 15 is 0 Å². The van der Waals surface area contributed by atoms with Crippen molar-refractivity contribution in [2.75, 3.05) is 5.73 Å². The van der Waals surface area contributed by atoms with Crippen LogP contribution in [0, 0.1) is 6.92 Å². The number of hydrogen-bond donors (Lipinski definition) is 1. The molecule has 0 saturated carbocycles. The average Bonchev–Trinajstić information content (AvgIpc) is 2.75. The molecule has 1 aromatic carbocycles. The normalized spacial score (nSPS) is 11.0. The van der Waals surface area contributed by atoms with Gasteiger partial charge < -0.3 is 5.73 Å². The maximum atomic E-state index is 5.97. The number of anilines is 1. The van der Waals surface area contributed by atoms with Gasteiger partial charge in [0.15, 0.2) is 5.82 Å². The predicted molar refractivity (Wildman–Crippen MR) is 77.0 cm³/mol. The second kappa shape index (κ2) is 4.23. The molecule has 0 fully saturated rings. The summed E-state index contributed by atoms with van der Waals surface area (Å²) in [5, 5.41) is 1.48. The zero-order valence-electron chi connectivity index (χ0n) is 9.64. The van der Waals surface area contributed by atoms with Gasteiger partial charge in [-0.05, 0) is 37.3 Å². The molecule has 0 aliphatic carbocycles. The molecule has 2 heterocycles. The Labute approximate surface area is 113 Å². The Bertz CT molecular complexity index is 736. The van der Waals surface area contributed by atoms with Gasteiger partial charge in [-0.3, -0.25) is 0 Å². The standard InChI is InChI=1S/C13H10ClN3S/c1-7-2-5-11(18-7)13-16-10-6-8(14)3-4-9(10)12(15)17-13/h2-6H,1H3,(H2,15,16,17). The monoisotopic (exact) mass is 275 g/mol. The lowest BCUT2D eigenvalue weighted by molar-refractivity contribution is 1.25. The summed E-state index contributed by atoms with van der Waals surface area (Å²) in [6.45, 7) is 2.05. The Morgan fingerprint density at radius 2 is 2.00 bits per heavy atom. The van der Waals surface area contributed by atoms with E-state index in [0.29, 0.717) is 16.7 Å². The lowest BCUT2D eigenvalue weighted by Crippen LogP contribution is -1.96. The molecule has 2 aromatic heterocycles. The molecule has 0 radical (unpaired) electrons. The number of aryl methyl sites for hydroxylation is 1. The Morgan fingerprint density at radius 1 is 1.17 bits per heavy atom. The number of nitrogens with zero attached hydrogens (tertiary/aromatic N) is 2. The molecule has 0 aliphatic heterocycles. The van der Waals surface area contributed by atoms with Crippen LogP contribution in [0.4, 0.5) is 5.82 Å². The highest BCUT2D eigenvalue weighted by atomic mass is 35.5. The first-order valence-electron chi connectivity index (χ1n) is 5.43. The van der Waals surface area contributed by atoms with Gasteiger partial charge >= 0.3 is 0 Å². The van der Waals surface area contributed by atoms with Crippen LogP contribution in [0.3, 0.4) is 0 Å². The van der Waals surface area contributed by atoms with Crippen molar-refractivity contribution in [2.24, 2.45) is 0 Å². The molecule has 0 bridgehead atoms. The number of nitrogens with two attached hydrogens (primary N) is 1. The number of aromatic nitrogens is 2. The van der Waals surface area contributed by atoms with Gasteiger partial charge in [-0.2, -0.15) is 0 Å². The third kappa shape index (κ3) is 1.94. The van der Waals surface area contributed by atoms with Crippen LogP contribution in [0.5, 0.6) is 0 Å². The fourth-order valence-electron chi connectivity index (χ4n) is 1.79. The first kappa shape index (κ1) is 11.4. The third-order valence-corrected chi connectivity index (χ3v) is 3.88. The zero-order valence-corrected chi connectivity index (χ0v) is 11.2. The van der Waals surface area contributed by atoms with E-state index in [1.807, 2.05) is 18.2 Å². The van der Waals surface area contributed by atoms with E-state index in [2.05, 4.69) is 16.9 Å². The van der Waals surface area contributed by atoms with Crippen LogP contribution in [-0.4, -0.2) is 9.97 Å². The van der Waals surface area contributed by atoms with Crippen molar-refractivity contribution < 1.29 is 0 Å². The van der Waals surface area contributed by atoms with Gasteiger partial charge in [0.05, 0.1) is 10.4 Å². The Kier molecular flexibility index (Phi) is 2.69. The van der Waals surface area contributed by atoms with Crippen LogP contribution in [0.1, 0.15) is 4.88 Å². The molecule has 0 aliphatic rings. The number of rotatable bonds is 1. The quantitative estimate of drug-likeness (QED) is 0.733. The van der Waals surface area contributed by atoms with Crippen LogP contribution < -0.4 is 5.73 Å². The van der Waals surface area contributed by atoms with Crippen molar-refractivity contribution in [1.29, 1.82) is 0 Å². The molecule has 3 aromatic rings. The van der Waals surface area contributed by atoms with Crippen molar-refractivity contribution in [1.82, 2.24) is 9.97 Å². The second-order valence-corrected chi connectivity index (χ2v) is 5.73. The summed E-state index contributed by atoms with van der Waals surface area (Å²) >= 11 is 7.62. The molecule has 0 atom stereocenters. The molecule has 5 heteroatoms. The van der Waals surface area contributed by atoms with Gasteiger partial charge in [-0.1, -0.05) is 11.6 Å². The summed E-state index contributed by atoms with van der Waals surface area (Å²) in [5.74, 6) is 1.14. The first-order valence-corrected chi connectivity index (χ1v) is 6.62. The highest BCUT2D eigenvalue weighted by molar-refractivity contribution is 7.15. The zero-order chi connectivity index (χ0) is 12.7. The number of fused-ring (bicyclic) bond motifs is 1. The van der Waals surface area contributed by atoms with Crippen LogP contribution in [0.2, 0.25) is 5.02 Å². The molecule has 2 N–H and O–H groups in total. The van der Waals surface area contributed by atoms with Crippen molar-refractivity contribution in [2.45, 2.75) is 6.92 Å². The van der Waals surface area contributed by atoms with E-state index in [0.717, 1.165) is 15.8 Å². The van der Waals surface area contributed by atoms with E-state index in [9.17, 15) is 0 Å². The fraction of sp³-hybridized carbons (Fsp3) is 0.0769. The minimum absolute atomic E-state index is 0.484.